The van der Waals surface area contributed by atoms with Gasteiger partial charge >= 0.3 is 5.97 Å². The summed E-state index contributed by atoms with van der Waals surface area (Å²) >= 11 is 0. The second-order valence-corrected chi connectivity index (χ2v) is 4.43. The van der Waals surface area contributed by atoms with Crippen LogP contribution in [0.4, 0.5) is 0 Å². The van der Waals surface area contributed by atoms with Gasteiger partial charge < -0.3 is 14.7 Å². The van der Waals surface area contributed by atoms with Crippen molar-refractivity contribution in [3.8, 4) is 0 Å². The van der Waals surface area contributed by atoms with E-state index in [4.69, 9.17) is 9.84 Å². The molecule has 0 spiro atoms. The van der Waals surface area contributed by atoms with Crippen molar-refractivity contribution in [3.05, 3.63) is 0 Å². The summed E-state index contributed by atoms with van der Waals surface area (Å²) in [5.74, 6) is -1.24. The van der Waals surface area contributed by atoms with Crippen LogP contribution in [0.5, 0.6) is 0 Å². The van der Waals surface area contributed by atoms with E-state index in [1.807, 2.05) is 13.8 Å². The Morgan fingerprint density at radius 2 is 1.94 bits per heavy atom. The molecule has 0 bridgehead atoms. The van der Waals surface area contributed by atoms with Gasteiger partial charge in [0.05, 0.1) is 0 Å². The molecule has 106 valence electrons. The summed E-state index contributed by atoms with van der Waals surface area (Å²) in [5.41, 5.74) is 0. The van der Waals surface area contributed by atoms with Gasteiger partial charge in [-0.2, -0.15) is 0 Å². The number of unbranched alkanes of at least 4 members (excludes halogenated alkanes) is 2. The Bertz CT molecular complexity index is 255. The lowest BCUT2D eigenvalue weighted by Crippen LogP contribution is -2.43. The predicted molar refractivity (Wildman–Crippen MR) is 69.4 cm³/mol. The minimum atomic E-state index is -0.991. The number of aliphatic carboxylic acids is 1. The number of carboxylic acid groups (broad SMARTS) is 1. The van der Waals surface area contributed by atoms with E-state index in [0.717, 1.165) is 25.7 Å². The molecule has 1 atom stereocenters. The molecule has 0 aromatic carbocycles. The van der Waals surface area contributed by atoms with E-state index in [1.54, 1.807) is 0 Å². The lowest BCUT2D eigenvalue weighted by atomic mass is 10.2. The molecule has 0 aromatic rings. The Labute approximate surface area is 109 Å². The van der Waals surface area contributed by atoms with Crippen LogP contribution in [-0.4, -0.2) is 47.7 Å². The van der Waals surface area contributed by atoms with Gasteiger partial charge in [-0.15, -0.1) is 0 Å². The first-order valence-corrected chi connectivity index (χ1v) is 6.61. The summed E-state index contributed by atoms with van der Waals surface area (Å²) in [5, 5.41) is 8.78. The SMILES string of the molecule is CCCCCOCC(=O)N(CC(=O)O)C(C)CC. The number of ether oxygens (including phenoxy) is 1. The Morgan fingerprint density at radius 3 is 2.44 bits per heavy atom. The van der Waals surface area contributed by atoms with Crippen LogP contribution in [0.3, 0.4) is 0 Å². The van der Waals surface area contributed by atoms with E-state index in [-0.39, 0.29) is 25.1 Å². The monoisotopic (exact) mass is 259 g/mol. The molecule has 5 nitrogen and oxygen atoms in total. The Balaban J connectivity index is 4.09. The summed E-state index contributed by atoms with van der Waals surface area (Å²) in [7, 11) is 0. The fourth-order valence-corrected chi connectivity index (χ4v) is 1.55. The van der Waals surface area contributed by atoms with Crippen molar-refractivity contribution in [1.82, 2.24) is 4.90 Å². The van der Waals surface area contributed by atoms with Gasteiger partial charge in [0.1, 0.15) is 13.2 Å². The Kier molecular flexibility index (Phi) is 9.28. The molecule has 0 aliphatic heterocycles. The van der Waals surface area contributed by atoms with Crippen molar-refractivity contribution in [2.75, 3.05) is 19.8 Å². The van der Waals surface area contributed by atoms with Crippen molar-refractivity contribution in [2.45, 2.75) is 52.5 Å². The van der Waals surface area contributed by atoms with Crippen LogP contribution in [0, 0.1) is 0 Å². The molecule has 1 amide bonds. The van der Waals surface area contributed by atoms with Gasteiger partial charge in [0, 0.05) is 12.6 Å². The molecule has 0 radical (unpaired) electrons. The van der Waals surface area contributed by atoms with Crippen LogP contribution >= 0.6 is 0 Å². The smallest absolute Gasteiger partial charge is 0.323 e. The number of amides is 1. The zero-order chi connectivity index (χ0) is 14.0. The maximum Gasteiger partial charge on any atom is 0.323 e. The number of carbonyl (C=O) groups excluding carboxylic acids is 1. The largest absolute Gasteiger partial charge is 0.480 e. The molecule has 0 heterocycles. The fraction of sp³-hybridized carbons (Fsp3) is 0.846. The molecular formula is C13H25NO4. The standard InChI is InChI=1S/C13H25NO4/c1-4-6-7-8-18-10-12(15)14(9-13(16)17)11(3)5-2/h11H,4-10H2,1-3H3,(H,16,17). The first kappa shape index (κ1) is 16.9. The average Bonchev–Trinajstić information content (AvgIpc) is 2.34. The van der Waals surface area contributed by atoms with E-state index in [1.165, 1.54) is 4.90 Å². The summed E-state index contributed by atoms with van der Waals surface area (Å²) in [6.07, 6.45) is 3.86. The highest BCUT2D eigenvalue weighted by Gasteiger charge is 2.21. The molecule has 0 fully saturated rings. The van der Waals surface area contributed by atoms with Gasteiger partial charge in [-0.05, 0) is 19.8 Å². The van der Waals surface area contributed by atoms with Crippen molar-refractivity contribution in [3.63, 3.8) is 0 Å². The summed E-state index contributed by atoms with van der Waals surface area (Å²) < 4.78 is 5.27. The first-order chi connectivity index (χ1) is 8.52. The highest BCUT2D eigenvalue weighted by atomic mass is 16.5. The maximum atomic E-state index is 11.8. The topological polar surface area (TPSA) is 66.8 Å². The van der Waals surface area contributed by atoms with E-state index in [2.05, 4.69) is 6.92 Å². The van der Waals surface area contributed by atoms with Crippen LogP contribution in [0.1, 0.15) is 46.5 Å². The van der Waals surface area contributed by atoms with E-state index in [0.29, 0.717) is 6.61 Å². The van der Waals surface area contributed by atoms with Crippen LogP contribution in [-0.2, 0) is 14.3 Å². The quantitative estimate of drug-likeness (QED) is 0.608. The summed E-state index contributed by atoms with van der Waals surface area (Å²) in [6, 6.07) is -0.0761. The van der Waals surface area contributed by atoms with Gasteiger partial charge in [-0.1, -0.05) is 26.7 Å². The molecule has 0 rings (SSSR count). The number of hydrogen-bond donors (Lipinski definition) is 1. The molecule has 0 saturated heterocycles. The Morgan fingerprint density at radius 1 is 1.28 bits per heavy atom. The molecular weight excluding hydrogens is 234 g/mol. The molecule has 5 heteroatoms. The van der Waals surface area contributed by atoms with Crippen molar-refractivity contribution in [1.29, 1.82) is 0 Å². The van der Waals surface area contributed by atoms with Gasteiger partial charge in [0.25, 0.3) is 0 Å². The fourth-order valence-electron chi connectivity index (χ4n) is 1.55. The first-order valence-electron chi connectivity index (χ1n) is 6.61. The number of rotatable bonds is 10. The summed E-state index contributed by atoms with van der Waals surface area (Å²) in [4.78, 5) is 23.9. The van der Waals surface area contributed by atoms with Crippen LogP contribution in [0.25, 0.3) is 0 Å². The second-order valence-electron chi connectivity index (χ2n) is 4.43. The van der Waals surface area contributed by atoms with Crippen molar-refractivity contribution >= 4 is 11.9 Å². The van der Waals surface area contributed by atoms with Crippen LogP contribution in [0.15, 0.2) is 0 Å². The number of nitrogens with zero attached hydrogens (tertiary/aromatic N) is 1. The predicted octanol–water partition coefficient (Wildman–Crippen LogP) is 1.90. The lowest BCUT2D eigenvalue weighted by molar-refractivity contribution is -0.148. The van der Waals surface area contributed by atoms with Crippen molar-refractivity contribution in [2.24, 2.45) is 0 Å². The average molecular weight is 259 g/mol. The highest BCUT2D eigenvalue weighted by Crippen LogP contribution is 2.04. The normalized spacial score (nSPS) is 12.2. The number of carbonyl (C=O) groups is 2. The zero-order valence-corrected chi connectivity index (χ0v) is 11.6. The van der Waals surface area contributed by atoms with Crippen LogP contribution < -0.4 is 0 Å². The zero-order valence-electron chi connectivity index (χ0n) is 11.6. The molecule has 0 aliphatic rings. The van der Waals surface area contributed by atoms with Gasteiger partial charge in [-0.3, -0.25) is 9.59 Å². The van der Waals surface area contributed by atoms with E-state index < -0.39 is 5.97 Å². The lowest BCUT2D eigenvalue weighted by Gasteiger charge is -2.26. The minimum Gasteiger partial charge on any atom is -0.480 e. The van der Waals surface area contributed by atoms with Crippen molar-refractivity contribution < 1.29 is 19.4 Å². The molecule has 18 heavy (non-hydrogen) atoms. The van der Waals surface area contributed by atoms with Crippen LogP contribution in [0.2, 0.25) is 0 Å². The second kappa shape index (κ2) is 9.88. The molecule has 0 aliphatic carbocycles. The van der Waals surface area contributed by atoms with Gasteiger partial charge in [-0.25, -0.2) is 0 Å². The summed E-state index contributed by atoms with van der Waals surface area (Å²) in [6.45, 7) is 6.14. The highest BCUT2D eigenvalue weighted by molar-refractivity contribution is 5.82. The minimum absolute atomic E-state index is 0.0265. The third-order valence-corrected chi connectivity index (χ3v) is 2.87. The van der Waals surface area contributed by atoms with Gasteiger partial charge in [0.2, 0.25) is 5.91 Å². The van der Waals surface area contributed by atoms with E-state index in [9.17, 15) is 9.59 Å². The molecule has 0 aromatic heterocycles. The third-order valence-electron chi connectivity index (χ3n) is 2.87. The maximum absolute atomic E-state index is 11.8. The number of carboxylic acids is 1. The van der Waals surface area contributed by atoms with E-state index >= 15 is 0 Å². The molecule has 1 N–H and O–H groups in total. The Hall–Kier alpha value is -1.10. The van der Waals surface area contributed by atoms with Gasteiger partial charge in [0.15, 0.2) is 0 Å². The third kappa shape index (κ3) is 7.27. The molecule has 1 unspecified atom stereocenters. The molecule has 0 saturated carbocycles. The number of hydrogen-bond acceptors (Lipinski definition) is 3.